The lowest BCUT2D eigenvalue weighted by molar-refractivity contribution is -0.141. The summed E-state index contributed by atoms with van der Waals surface area (Å²) < 4.78 is 27.3. The SMILES string of the molecule is CNC(=O)[C@H](Cc1ccccc1)N(Cc1ccc(Cl)cc1Cl)C(=O)CN(C)S(=O)(=O)c1ccc(C)cc1. The molecule has 3 aromatic carbocycles. The molecule has 0 fully saturated rings. The van der Waals surface area contributed by atoms with Gasteiger partial charge in [-0.2, -0.15) is 4.31 Å². The van der Waals surface area contributed by atoms with Gasteiger partial charge in [-0.25, -0.2) is 8.42 Å². The van der Waals surface area contributed by atoms with Crippen molar-refractivity contribution in [2.75, 3.05) is 20.6 Å². The maximum atomic E-state index is 13.7. The second kappa shape index (κ2) is 12.6. The summed E-state index contributed by atoms with van der Waals surface area (Å²) in [5.41, 5.74) is 2.33. The molecule has 0 radical (unpaired) electrons. The highest BCUT2D eigenvalue weighted by atomic mass is 35.5. The minimum Gasteiger partial charge on any atom is -0.357 e. The van der Waals surface area contributed by atoms with E-state index >= 15 is 0 Å². The van der Waals surface area contributed by atoms with Crippen LogP contribution in [-0.2, 0) is 32.6 Å². The Hall–Kier alpha value is -2.91. The van der Waals surface area contributed by atoms with Gasteiger partial charge in [0, 0.05) is 37.1 Å². The van der Waals surface area contributed by atoms with E-state index in [1.165, 1.54) is 31.1 Å². The number of aryl methyl sites for hydroxylation is 1. The number of amides is 2. The fraction of sp³-hybridized carbons (Fsp3) is 0.259. The van der Waals surface area contributed by atoms with Gasteiger partial charge in [-0.1, -0.05) is 77.3 Å². The minimum absolute atomic E-state index is 0.0157. The van der Waals surface area contributed by atoms with Gasteiger partial charge in [0.05, 0.1) is 11.4 Å². The van der Waals surface area contributed by atoms with Crippen molar-refractivity contribution in [3.05, 3.63) is 99.5 Å². The van der Waals surface area contributed by atoms with Crippen molar-refractivity contribution in [3.8, 4) is 0 Å². The van der Waals surface area contributed by atoms with Gasteiger partial charge in [-0.3, -0.25) is 9.59 Å². The number of nitrogens with zero attached hydrogens (tertiary/aromatic N) is 2. The van der Waals surface area contributed by atoms with Crippen LogP contribution >= 0.6 is 23.2 Å². The van der Waals surface area contributed by atoms with Crippen LogP contribution in [0.1, 0.15) is 16.7 Å². The summed E-state index contributed by atoms with van der Waals surface area (Å²) in [6.07, 6.45) is 0.228. The summed E-state index contributed by atoms with van der Waals surface area (Å²) >= 11 is 12.4. The van der Waals surface area contributed by atoms with E-state index in [2.05, 4.69) is 5.32 Å². The number of hydrogen-bond donors (Lipinski definition) is 1. The number of rotatable bonds is 10. The zero-order valence-electron chi connectivity index (χ0n) is 20.8. The van der Waals surface area contributed by atoms with Crippen LogP contribution in [0.15, 0.2) is 77.7 Å². The van der Waals surface area contributed by atoms with Crippen molar-refractivity contribution in [2.24, 2.45) is 0 Å². The summed E-state index contributed by atoms with van der Waals surface area (Å²) in [4.78, 5) is 28.2. The number of sulfonamides is 1. The van der Waals surface area contributed by atoms with E-state index in [1.54, 1.807) is 30.3 Å². The number of nitrogens with one attached hydrogen (secondary N) is 1. The molecule has 0 aliphatic carbocycles. The van der Waals surface area contributed by atoms with Crippen LogP contribution in [0, 0.1) is 6.92 Å². The number of likely N-dealkylation sites (N-methyl/N-ethyl adjacent to an activating group) is 2. The predicted octanol–water partition coefficient (Wildman–Crippen LogP) is 4.31. The quantitative estimate of drug-likeness (QED) is 0.399. The standard InChI is InChI=1S/C27H29Cl2N3O4S/c1-19-9-13-23(14-10-19)37(35,36)31(3)18-26(33)32(17-21-11-12-22(28)16-24(21)29)25(27(34)30-2)15-20-7-5-4-6-8-20/h4-14,16,25H,15,17-18H2,1-3H3,(H,30,34)/t25-/m0/s1. The second-order valence-electron chi connectivity index (χ2n) is 8.65. The van der Waals surface area contributed by atoms with Crippen molar-refractivity contribution < 1.29 is 18.0 Å². The Balaban J connectivity index is 1.96. The first-order valence-corrected chi connectivity index (χ1v) is 13.7. The third-order valence-corrected chi connectivity index (χ3v) is 8.36. The first-order valence-electron chi connectivity index (χ1n) is 11.5. The molecule has 0 aliphatic heterocycles. The molecule has 7 nitrogen and oxygen atoms in total. The highest BCUT2D eigenvalue weighted by Crippen LogP contribution is 2.24. The third-order valence-electron chi connectivity index (χ3n) is 5.96. The van der Waals surface area contributed by atoms with Crippen molar-refractivity contribution in [1.29, 1.82) is 0 Å². The third kappa shape index (κ3) is 7.32. The van der Waals surface area contributed by atoms with Crippen LogP contribution in [0.2, 0.25) is 10.0 Å². The van der Waals surface area contributed by atoms with Crippen LogP contribution in [-0.4, -0.2) is 56.1 Å². The number of carbonyl (C=O) groups is 2. The lowest BCUT2D eigenvalue weighted by atomic mass is 10.0. The largest absolute Gasteiger partial charge is 0.357 e. The van der Waals surface area contributed by atoms with E-state index in [4.69, 9.17) is 23.2 Å². The summed E-state index contributed by atoms with van der Waals surface area (Å²) in [6.45, 7) is 1.37. The van der Waals surface area contributed by atoms with Gasteiger partial charge in [-0.05, 0) is 42.3 Å². The average molecular weight is 563 g/mol. The molecule has 2 amide bonds. The summed E-state index contributed by atoms with van der Waals surface area (Å²) in [5.74, 6) is -0.930. The topological polar surface area (TPSA) is 86.8 Å². The first kappa shape index (κ1) is 28.7. The van der Waals surface area contributed by atoms with E-state index in [0.717, 1.165) is 15.4 Å². The second-order valence-corrected chi connectivity index (χ2v) is 11.5. The maximum Gasteiger partial charge on any atom is 0.243 e. The van der Waals surface area contributed by atoms with Gasteiger partial charge in [0.25, 0.3) is 0 Å². The van der Waals surface area contributed by atoms with E-state index in [1.807, 2.05) is 37.3 Å². The molecule has 0 aromatic heterocycles. The molecule has 10 heteroatoms. The Morgan fingerprint density at radius 1 is 0.973 bits per heavy atom. The molecule has 1 N–H and O–H groups in total. The fourth-order valence-corrected chi connectivity index (χ4v) is 5.40. The normalized spacial score (nSPS) is 12.3. The van der Waals surface area contributed by atoms with Crippen LogP contribution in [0.3, 0.4) is 0 Å². The first-order chi connectivity index (χ1) is 17.5. The van der Waals surface area contributed by atoms with Crippen LogP contribution in [0.5, 0.6) is 0 Å². The van der Waals surface area contributed by atoms with Gasteiger partial charge in [-0.15, -0.1) is 0 Å². The van der Waals surface area contributed by atoms with E-state index in [9.17, 15) is 18.0 Å². The minimum atomic E-state index is -3.94. The Morgan fingerprint density at radius 3 is 2.22 bits per heavy atom. The lowest BCUT2D eigenvalue weighted by Crippen LogP contribution is -2.52. The molecule has 0 heterocycles. The molecule has 0 spiro atoms. The van der Waals surface area contributed by atoms with Gasteiger partial charge in [0.15, 0.2) is 0 Å². The maximum absolute atomic E-state index is 13.7. The number of benzene rings is 3. The van der Waals surface area contributed by atoms with E-state index in [-0.39, 0.29) is 23.8 Å². The number of halogens is 2. The average Bonchev–Trinajstić information content (AvgIpc) is 2.87. The molecular formula is C27H29Cl2N3O4S. The predicted molar refractivity (Wildman–Crippen MR) is 146 cm³/mol. The van der Waals surface area contributed by atoms with Crippen LogP contribution < -0.4 is 5.32 Å². The smallest absolute Gasteiger partial charge is 0.243 e. The highest BCUT2D eigenvalue weighted by molar-refractivity contribution is 7.89. The molecule has 0 saturated carbocycles. The van der Waals surface area contributed by atoms with Gasteiger partial charge >= 0.3 is 0 Å². The monoisotopic (exact) mass is 561 g/mol. The Labute approximate surface area is 228 Å². The summed E-state index contributed by atoms with van der Waals surface area (Å²) in [5, 5.41) is 3.39. The number of carbonyl (C=O) groups excluding carboxylic acids is 2. The van der Waals surface area contributed by atoms with Gasteiger partial charge in [0.1, 0.15) is 6.04 Å². The highest BCUT2D eigenvalue weighted by Gasteiger charge is 2.33. The molecule has 196 valence electrons. The number of hydrogen-bond acceptors (Lipinski definition) is 4. The van der Waals surface area contributed by atoms with Crippen LogP contribution in [0.4, 0.5) is 0 Å². The molecular weight excluding hydrogens is 533 g/mol. The zero-order chi connectivity index (χ0) is 27.2. The Kier molecular flexibility index (Phi) is 9.73. The molecule has 0 unspecified atom stereocenters. The van der Waals surface area contributed by atoms with E-state index in [0.29, 0.717) is 15.6 Å². The molecule has 0 saturated heterocycles. The Morgan fingerprint density at radius 2 is 1.62 bits per heavy atom. The molecule has 3 rings (SSSR count). The van der Waals surface area contributed by atoms with Crippen molar-refractivity contribution in [1.82, 2.24) is 14.5 Å². The van der Waals surface area contributed by atoms with E-state index < -0.39 is 28.5 Å². The van der Waals surface area contributed by atoms with Crippen molar-refractivity contribution in [3.63, 3.8) is 0 Å². The van der Waals surface area contributed by atoms with Crippen molar-refractivity contribution in [2.45, 2.75) is 30.8 Å². The molecule has 0 bridgehead atoms. The fourth-order valence-electron chi connectivity index (χ4n) is 3.81. The molecule has 0 aliphatic rings. The Bertz CT molecular complexity index is 1350. The van der Waals surface area contributed by atoms with Gasteiger partial charge < -0.3 is 10.2 Å². The van der Waals surface area contributed by atoms with Gasteiger partial charge in [0.2, 0.25) is 21.8 Å². The lowest BCUT2D eigenvalue weighted by Gasteiger charge is -2.32. The summed E-state index contributed by atoms with van der Waals surface area (Å²) in [7, 11) is -1.11. The molecule has 3 aromatic rings. The van der Waals surface area contributed by atoms with Crippen LogP contribution in [0.25, 0.3) is 0 Å². The summed E-state index contributed by atoms with van der Waals surface area (Å²) in [6, 6.07) is 19.6. The zero-order valence-corrected chi connectivity index (χ0v) is 23.1. The molecule has 1 atom stereocenters. The van der Waals surface area contributed by atoms with Crippen molar-refractivity contribution >= 4 is 45.0 Å². The molecule has 37 heavy (non-hydrogen) atoms.